The van der Waals surface area contributed by atoms with Gasteiger partial charge in [0.05, 0.1) is 0 Å². The maximum atomic E-state index is 2.40. The lowest BCUT2D eigenvalue weighted by atomic mass is 9.34. The van der Waals surface area contributed by atoms with Crippen LogP contribution in [0.3, 0.4) is 0 Å². The molecule has 2 heteroatoms. The highest BCUT2D eigenvalue weighted by Gasteiger charge is 2.33. The monoisotopic (exact) mass is 623 g/mol. The normalized spacial score (nSPS) is 19.1. The molecule has 0 N–H and O–H groups in total. The molecule has 3 aliphatic carbocycles. The van der Waals surface area contributed by atoms with Crippen LogP contribution in [0.5, 0.6) is 0 Å². The average molecular weight is 623 g/mol. The second-order valence-corrected chi connectivity index (χ2v) is 15.8. The predicted octanol–water partition coefficient (Wildman–Crippen LogP) is 16.9. The molecule has 0 saturated heterocycles. The molecule has 0 spiro atoms. The summed E-state index contributed by atoms with van der Waals surface area (Å²) in [5, 5.41) is 0. The summed E-state index contributed by atoms with van der Waals surface area (Å²) in [5.74, 6) is 4.26. The Morgan fingerprint density at radius 2 is 0.886 bits per heavy atom. The summed E-state index contributed by atoms with van der Waals surface area (Å²) in [4.78, 5) is 0. The van der Waals surface area contributed by atoms with Crippen LogP contribution in [0.25, 0.3) is 0 Å². The first kappa shape index (κ1) is 53.6. The molecule has 3 rings (SSSR count). The van der Waals surface area contributed by atoms with Crippen LogP contribution in [0.15, 0.2) is 0 Å². The molecule has 2 atom stereocenters. The van der Waals surface area contributed by atoms with Gasteiger partial charge in [-0.25, -0.2) is 0 Å². The molecule has 270 valence electrons. The van der Waals surface area contributed by atoms with Crippen molar-refractivity contribution in [2.45, 2.75) is 252 Å². The zero-order valence-corrected chi connectivity index (χ0v) is 35.8. The van der Waals surface area contributed by atoms with Crippen molar-refractivity contribution in [3.63, 3.8) is 0 Å². The van der Waals surface area contributed by atoms with Gasteiger partial charge in [0.2, 0.25) is 0 Å². The third-order valence-corrected chi connectivity index (χ3v) is 9.13. The second kappa shape index (κ2) is 36.0. The van der Waals surface area contributed by atoms with E-state index in [9.17, 15) is 0 Å². The summed E-state index contributed by atoms with van der Waals surface area (Å²) >= 11 is 0. The minimum atomic E-state index is 0.500. The molecule has 0 aromatic heterocycles. The first-order valence-corrected chi connectivity index (χ1v) is 20.7. The van der Waals surface area contributed by atoms with E-state index in [1.165, 1.54) is 102 Å². The lowest BCUT2D eigenvalue weighted by Crippen LogP contribution is -2.24. The van der Waals surface area contributed by atoms with Crippen LogP contribution >= 0.6 is 0 Å². The Morgan fingerprint density at radius 1 is 0.500 bits per heavy atom. The summed E-state index contributed by atoms with van der Waals surface area (Å²) < 4.78 is 0. The van der Waals surface area contributed by atoms with Gasteiger partial charge in [0, 0.05) is 0 Å². The van der Waals surface area contributed by atoms with Gasteiger partial charge in [-0.1, -0.05) is 252 Å². The van der Waals surface area contributed by atoms with E-state index in [4.69, 9.17) is 0 Å². The summed E-state index contributed by atoms with van der Waals surface area (Å²) in [6.45, 7) is 45.7. The van der Waals surface area contributed by atoms with E-state index in [1.807, 2.05) is 55.4 Å². The predicted molar refractivity (Wildman–Crippen MR) is 219 cm³/mol. The fourth-order valence-corrected chi connectivity index (χ4v) is 6.62. The molecule has 3 fully saturated rings. The smallest absolute Gasteiger partial charge is 0.0859 e. The van der Waals surface area contributed by atoms with Gasteiger partial charge in [0.25, 0.3) is 0 Å². The maximum Gasteiger partial charge on any atom is 0.143 e. The van der Waals surface area contributed by atoms with E-state index in [1.54, 1.807) is 0 Å². The van der Waals surface area contributed by atoms with Gasteiger partial charge in [0.1, 0.15) is 13.4 Å². The zero-order chi connectivity index (χ0) is 35.8. The van der Waals surface area contributed by atoms with Gasteiger partial charge in [-0.15, -0.1) is 0 Å². The lowest BCUT2D eigenvalue weighted by Gasteiger charge is -2.27. The highest BCUT2D eigenvalue weighted by atomic mass is 14.3. The van der Waals surface area contributed by atoms with Crippen molar-refractivity contribution in [2.75, 3.05) is 0 Å². The van der Waals surface area contributed by atoms with Crippen LogP contribution in [0, 0.1) is 22.7 Å². The molecule has 0 aromatic rings. The van der Waals surface area contributed by atoms with Gasteiger partial charge in [0.15, 0.2) is 0 Å². The molecule has 0 bridgehead atoms. The Balaban J connectivity index is -0.000000151. The number of hydrogen-bond donors (Lipinski definition) is 0. The molecule has 3 saturated carbocycles. The lowest BCUT2D eigenvalue weighted by molar-refractivity contribution is 0.459. The van der Waals surface area contributed by atoms with Crippen molar-refractivity contribution >= 4 is 13.4 Å². The standard InChI is InChI=1S/C14H29B.C8H17B.C7H14.C5H12.4C2H6/c1-6-12-8-9-13(10-12)15(7-2)11-14(3,4)5;1-3-9(2)8-6-4-5-7-8;1-2-7-5-3-4-6-7;1-5(2,3)4;4*1-2/h12-13H,6-11H2,1-5H3;8H,3-7H2,1-2H3;7H,2-6H2,1H3;1-4H3;4*1-2H3. The fraction of sp³-hybridized carbons (Fsp3) is 1.00. The van der Waals surface area contributed by atoms with Crippen molar-refractivity contribution < 1.29 is 0 Å². The first-order chi connectivity index (χ1) is 20.7. The maximum absolute atomic E-state index is 2.40. The van der Waals surface area contributed by atoms with E-state index < -0.39 is 0 Å². The van der Waals surface area contributed by atoms with Crippen LogP contribution in [-0.2, 0) is 0 Å². The van der Waals surface area contributed by atoms with Crippen molar-refractivity contribution in [1.29, 1.82) is 0 Å². The van der Waals surface area contributed by atoms with Crippen LogP contribution < -0.4 is 0 Å². The topological polar surface area (TPSA) is 0 Å². The summed E-state index contributed by atoms with van der Waals surface area (Å²) in [7, 11) is 0. The van der Waals surface area contributed by atoms with E-state index >= 15 is 0 Å². The van der Waals surface area contributed by atoms with Crippen molar-refractivity contribution in [2.24, 2.45) is 22.7 Å². The fourth-order valence-electron chi connectivity index (χ4n) is 6.62. The van der Waals surface area contributed by atoms with Gasteiger partial charge in [-0.2, -0.15) is 0 Å². The summed E-state index contributed by atoms with van der Waals surface area (Å²) in [6, 6.07) is 0. The largest absolute Gasteiger partial charge is 0.143 e. The van der Waals surface area contributed by atoms with Gasteiger partial charge in [-0.3, -0.25) is 0 Å². The van der Waals surface area contributed by atoms with Crippen LogP contribution in [-0.4, -0.2) is 13.4 Å². The molecule has 0 nitrogen and oxygen atoms in total. The highest BCUT2D eigenvalue weighted by molar-refractivity contribution is 6.60. The van der Waals surface area contributed by atoms with Gasteiger partial charge in [-0.05, 0) is 22.7 Å². The van der Waals surface area contributed by atoms with Crippen molar-refractivity contribution in [3.05, 3.63) is 0 Å². The molecule has 0 aromatic carbocycles. The Kier molecular flexibility index (Phi) is 43.8. The van der Waals surface area contributed by atoms with Crippen LogP contribution in [0.1, 0.15) is 215 Å². The number of hydrogen-bond acceptors (Lipinski definition) is 0. The highest BCUT2D eigenvalue weighted by Crippen LogP contribution is 2.43. The molecule has 0 radical (unpaired) electrons. The Morgan fingerprint density at radius 3 is 1.16 bits per heavy atom. The first-order valence-electron chi connectivity index (χ1n) is 20.7. The van der Waals surface area contributed by atoms with Crippen LogP contribution in [0.2, 0.25) is 37.4 Å². The van der Waals surface area contributed by atoms with E-state index in [-0.39, 0.29) is 0 Å². The second-order valence-electron chi connectivity index (χ2n) is 15.8. The van der Waals surface area contributed by atoms with Crippen LogP contribution in [0.4, 0.5) is 0 Å². The number of rotatable bonds is 7. The molecule has 44 heavy (non-hydrogen) atoms. The average Bonchev–Trinajstić information content (AvgIpc) is 3.82. The zero-order valence-electron chi connectivity index (χ0n) is 35.8. The minimum Gasteiger partial charge on any atom is -0.0859 e. The van der Waals surface area contributed by atoms with E-state index in [0.29, 0.717) is 10.8 Å². The van der Waals surface area contributed by atoms with Gasteiger partial charge >= 0.3 is 0 Å². The van der Waals surface area contributed by atoms with E-state index in [2.05, 4.69) is 83.0 Å². The Bertz CT molecular complexity index is 483. The molecule has 0 heterocycles. The molecular formula is C42H96B2. The van der Waals surface area contributed by atoms with Crippen molar-refractivity contribution in [3.8, 4) is 0 Å². The van der Waals surface area contributed by atoms with Gasteiger partial charge < -0.3 is 0 Å². The summed E-state index contributed by atoms with van der Waals surface area (Å²) in [5.41, 5.74) is 1.02. The molecule has 0 amide bonds. The van der Waals surface area contributed by atoms with Crippen molar-refractivity contribution in [1.82, 2.24) is 0 Å². The SMILES string of the molecule is CC.CC.CC.CC.CC(C)(C)C.CCB(C)C1CCCC1.CCB(CC(C)(C)C)C1CCC(CC)C1.CCC1CCCC1. The molecular weight excluding hydrogens is 526 g/mol. The minimum absolute atomic E-state index is 0.500. The molecule has 3 aliphatic rings. The summed E-state index contributed by atoms with van der Waals surface area (Å²) in [6.07, 6.45) is 23.6. The molecule has 0 aliphatic heterocycles. The Labute approximate surface area is 287 Å². The Hall–Kier alpha value is 0.130. The molecule has 2 unspecified atom stereocenters. The quantitative estimate of drug-likeness (QED) is 0.248. The van der Waals surface area contributed by atoms with E-state index in [0.717, 1.165) is 36.9 Å². The third-order valence-electron chi connectivity index (χ3n) is 9.13. The third kappa shape index (κ3) is 36.6.